The summed E-state index contributed by atoms with van der Waals surface area (Å²) in [6, 6.07) is 18.1. The summed E-state index contributed by atoms with van der Waals surface area (Å²) in [6.45, 7) is 0. The number of benzene rings is 2. The molecule has 1 aromatic heterocycles. The lowest BCUT2D eigenvalue weighted by molar-refractivity contribution is -0.384. The maximum Gasteiger partial charge on any atom is 0.273 e. The van der Waals surface area contributed by atoms with Gasteiger partial charge in [-0.3, -0.25) is 19.5 Å². The highest BCUT2D eigenvalue weighted by Gasteiger charge is 2.15. The van der Waals surface area contributed by atoms with E-state index in [9.17, 15) is 20.2 Å². The number of rotatable bonds is 4. The molecule has 0 amide bonds. The molecule has 0 bridgehead atoms. The van der Waals surface area contributed by atoms with Gasteiger partial charge in [0.1, 0.15) is 11.6 Å². The molecule has 0 aliphatic carbocycles. The number of hydrogen-bond donors (Lipinski definition) is 1. The predicted molar refractivity (Wildman–Crippen MR) is 98.4 cm³/mol. The second kappa shape index (κ2) is 6.91. The molecule has 7 nitrogen and oxygen atoms in total. The van der Waals surface area contributed by atoms with Gasteiger partial charge in [-0.1, -0.05) is 18.2 Å². The van der Waals surface area contributed by atoms with Gasteiger partial charge in [-0.05, 0) is 30.3 Å². The molecule has 0 aliphatic rings. The molecule has 0 aliphatic heterocycles. The first-order valence-corrected chi connectivity index (χ1v) is 7.75. The Bertz CT molecular complexity index is 1080. The number of hydrogen-bond acceptors (Lipinski definition) is 5. The molecule has 128 valence electrons. The van der Waals surface area contributed by atoms with Crippen molar-refractivity contribution < 1.29 is 4.92 Å². The van der Waals surface area contributed by atoms with Crippen LogP contribution < -0.4 is 10.9 Å². The number of nitrogens with zero attached hydrogens (tertiary/aromatic N) is 3. The monoisotopic (exact) mass is 346 g/mol. The van der Waals surface area contributed by atoms with E-state index in [1.54, 1.807) is 13.1 Å². The summed E-state index contributed by atoms with van der Waals surface area (Å²) < 4.78 is 1.39. The van der Waals surface area contributed by atoms with E-state index in [1.165, 1.54) is 34.9 Å². The minimum Gasteiger partial charge on any atom is -0.388 e. The van der Waals surface area contributed by atoms with E-state index >= 15 is 0 Å². The van der Waals surface area contributed by atoms with Gasteiger partial charge in [0.15, 0.2) is 0 Å². The van der Waals surface area contributed by atoms with Crippen LogP contribution in [0, 0.1) is 21.4 Å². The first-order valence-electron chi connectivity index (χ1n) is 7.75. The van der Waals surface area contributed by atoms with E-state index in [4.69, 9.17) is 0 Å². The molecule has 0 atom stereocenters. The Morgan fingerprint density at radius 3 is 2.38 bits per heavy atom. The number of anilines is 1. The Hall–Kier alpha value is -3.92. The van der Waals surface area contributed by atoms with Crippen molar-refractivity contribution in [3.8, 4) is 23.0 Å². The average molecular weight is 346 g/mol. The maximum atomic E-state index is 12.8. The van der Waals surface area contributed by atoms with Gasteiger partial charge in [0.25, 0.3) is 11.2 Å². The van der Waals surface area contributed by atoms with Crippen LogP contribution in [0.1, 0.15) is 5.56 Å². The minimum absolute atomic E-state index is 0.00552. The lowest BCUT2D eigenvalue weighted by atomic mass is 10.1. The number of pyridine rings is 1. The van der Waals surface area contributed by atoms with Crippen molar-refractivity contribution in [3.63, 3.8) is 0 Å². The Kier molecular flexibility index (Phi) is 4.50. The first-order chi connectivity index (χ1) is 12.6. The van der Waals surface area contributed by atoms with Crippen LogP contribution in [-0.4, -0.2) is 16.5 Å². The Balaban J connectivity index is 2.31. The summed E-state index contributed by atoms with van der Waals surface area (Å²) in [6.07, 6.45) is 0. The highest BCUT2D eigenvalue weighted by atomic mass is 16.6. The third kappa shape index (κ3) is 2.91. The zero-order valence-corrected chi connectivity index (χ0v) is 13.8. The van der Waals surface area contributed by atoms with Crippen molar-refractivity contribution in [2.45, 2.75) is 0 Å². The average Bonchev–Trinajstić information content (AvgIpc) is 2.67. The summed E-state index contributed by atoms with van der Waals surface area (Å²) in [5.74, 6) is 0. The van der Waals surface area contributed by atoms with Gasteiger partial charge < -0.3 is 5.32 Å². The molecule has 26 heavy (non-hydrogen) atoms. The van der Waals surface area contributed by atoms with Gasteiger partial charge in [-0.25, -0.2) is 0 Å². The maximum absolute atomic E-state index is 12.8. The summed E-state index contributed by atoms with van der Waals surface area (Å²) in [7, 11) is 1.77. The molecular formula is C19H14N4O3. The number of nitrogens with one attached hydrogen (secondary N) is 1. The lowest BCUT2D eigenvalue weighted by Gasteiger charge is -2.16. The van der Waals surface area contributed by atoms with Gasteiger partial charge in [0, 0.05) is 36.1 Å². The minimum atomic E-state index is -0.504. The fraction of sp³-hybridized carbons (Fsp3) is 0.0526. The normalized spacial score (nSPS) is 10.2. The largest absolute Gasteiger partial charge is 0.388 e. The molecule has 0 spiro atoms. The number of nitriles is 1. The molecule has 2 aromatic carbocycles. The Morgan fingerprint density at radius 2 is 1.77 bits per heavy atom. The van der Waals surface area contributed by atoms with Crippen molar-refractivity contribution in [3.05, 3.63) is 86.7 Å². The number of nitro groups is 1. The van der Waals surface area contributed by atoms with Crippen LogP contribution in [0.5, 0.6) is 0 Å². The van der Waals surface area contributed by atoms with Gasteiger partial charge in [0.05, 0.1) is 10.6 Å². The molecule has 0 radical (unpaired) electrons. The van der Waals surface area contributed by atoms with Crippen molar-refractivity contribution >= 4 is 11.4 Å². The Labute approximate surface area is 148 Å². The molecular weight excluding hydrogens is 332 g/mol. The third-order valence-electron chi connectivity index (χ3n) is 3.99. The molecule has 0 saturated carbocycles. The zero-order valence-electron chi connectivity index (χ0n) is 13.8. The SMILES string of the molecule is CNc1ccccc1-c1ccc(C#N)c(=O)n1-c1ccc([N+](=O)[O-])cc1. The first kappa shape index (κ1) is 16.9. The van der Waals surface area contributed by atoms with Crippen LogP contribution in [0.2, 0.25) is 0 Å². The summed E-state index contributed by atoms with van der Waals surface area (Å²) in [5, 5.41) is 23.2. The number of para-hydroxylation sites is 1. The van der Waals surface area contributed by atoms with E-state index < -0.39 is 10.5 Å². The van der Waals surface area contributed by atoms with E-state index in [0.29, 0.717) is 11.4 Å². The molecule has 3 rings (SSSR count). The van der Waals surface area contributed by atoms with Gasteiger partial charge >= 0.3 is 0 Å². The highest BCUT2D eigenvalue weighted by Crippen LogP contribution is 2.29. The zero-order chi connectivity index (χ0) is 18.7. The highest BCUT2D eigenvalue weighted by molar-refractivity contribution is 5.77. The summed E-state index contributed by atoms with van der Waals surface area (Å²) in [5.41, 5.74) is 2.04. The van der Waals surface area contributed by atoms with Gasteiger partial charge in [-0.15, -0.1) is 0 Å². The summed E-state index contributed by atoms with van der Waals surface area (Å²) in [4.78, 5) is 23.2. The van der Waals surface area contributed by atoms with Crippen LogP contribution in [0.4, 0.5) is 11.4 Å². The van der Waals surface area contributed by atoms with Crippen molar-refractivity contribution in [1.82, 2.24) is 4.57 Å². The molecule has 1 N–H and O–H groups in total. The van der Waals surface area contributed by atoms with E-state index in [-0.39, 0.29) is 11.3 Å². The second-order valence-electron chi connectivity index (χ2n) is 5.45. The fourth-order valence-electron chi connectivity index (χ4n) is 2.74. The van der Waals surface area contributed by atoms with Crippen molar-refractivity contribution in [2.24, 2.45) is 0 Å². The van der Waals surface area contributed by atoms with Crippen molar-refractivity contribution in [2.75, 3.05) is 12.4 Å². The van der Waals surface area contributed by atoms with E-state index in [2.05, 4.69) is 5.32 Å². The van der Waals surface area contributed by atoms with E-state index in [0.717, 1.165) is 11.3 Å². The van der Waals surface area contributed by atoms with Crippen LogP contribution in [0.15, 0.2) is 65.5 Å². The molecule has 3 aromatic rings. The molecule has 0 fully saturated rings. The van der Waals surface area contributed by atoms with Crippen LogP contribution in [0.3, 0.4) is 0 Å². The van der Waals surface area contributed by atoms with Crippen LogP contribution in [0.25, 0.3) is 16.9 Å². The quantitative estimate of drug-likeness (QED) is 0.577. The lowest BCUT2D eigenvalue weighted by Crippen LogP contribution is -2.22. The number of nitro benzene ring substituents is 1. The number of non-ortho nitro benzene ring substituents is 1. The third-order valence-corrected chi connectivity index (χ3v) is 3.99. The van der Waals surface area contributed by atoms with Crippen molar-refractivity contribution in [1.29, 1.82) is 5.26 Å². The number of aromatic nitrogens is 1. The smallest absolute Gasteiger partial charge is 0.273 e. The van der Waals surface area contributed by atoms with E-state index in [1.807, 2.05) is 30.3 Å². The molecule has 7 heteroatoms. The molecule has 0 saturated heterocycles. The topological polar surface area (TPSA) is 101 Å². The fourth-order valence-corrected chi connectivity index (χ4v) is 2.74. The Morgan fingerprint density at radius 1 is 1.08 bits per heavy atom. The standard InChI is InChI=1S/C19H14N4O3/c1-21-17-5-3-2-4-16(17)18-11-6-13(12-20)19(24)22(18)14-7-9-15(10-8-14)23(25)26/h2-11,21H,1H3. The molecule has 0 unspecified atom stereocenters. The van der Waals surface area contributed by atoms with Crippen LogP contribution >= 0.6 is 0 Å². The predicted octanol–water partition coefficient (Wildman–Crippen LogP) is 3.33. The van der Waals surface area contributed by atoms with Crippen LogP contribution in [-0.2, 0) is 0 Å². The summed E-state index contributed by atoms with van der Waals surface area (Å²) >= 11 is 0. The molecule has 1 heterocycles. The second-order valence-corrected chi connectivity index (χ2v) is 5.45. The van der Waals surface area contributed by atoms with Gasteiger partial charge in [0.2, 0.25) is 0 Å². The van der Waals surface area contributed by atoms with Gasteiger partial charge in [-0.2, -0.15) is 5.26 Å².